The minimum atomic E-state index is -0.301. The Bertz CT molecular complexity index is 380. The van der Waals surface area contributed by atoms with Crippen molar-refractivity contribution in [3.8, 4) is 5.75 Å². The first-order valence-electron chi connectivity index (χ1n) is 5.43. The van der Waals surface area contributed by atoms with Gasteiger partial charge < -0.3 is 25.5 Å². The van der Waals surface area contributed by atoms with E-state index < -0.39 is 0 Å². The molecule has 0 unspecified atom stereocenters. The third kappa shape index (κ3) is 4.41. The van der Waals surface area contributed by atoms with E-state index in [0.717, 1.165) is 6.42 Å². The first-order chi connectivity index (χ1) is 8.29. The molecular weight excluding hydrogens is 224 g/mol. The quantitative estimate of drug-likeness (QED) is 0.534. The molecule has 7 nitrogen and oxygen atoms in total. The van der Waals surface area contributed by atoms with Gasteiger partial charge in [-0.15, -0.1) is 0 Å². The Morgan fingerprint density at radius 1 is 1.53 bits per heavy atom. The minimum absolute atomic E-state index is 0.190. The number of rotatable bonds is 8. The fraction of sp³-hybridized carbons (Fsp3) is 0.600. The predicted molar refractivity (Wildman–Crippen MR) is 64.4 cm³/mol. The number of hydrogen-bond acceptors (Lipinski definition) is 6. The van der Waals surface area contributed by atoms with Crippen LogP contribution in [0.1, 0.15) is 6.42 Å². The lowest BCUT2D eigenvalue weighted by Crippen LogP contribution is -2.16. The second-order valence-corrected chi connectivity index (χ2v) is 3.29. The summed E-state index contributed by atoms with van der Waals surface area (Å²) in [4.78, 5) is 17.8. The van der Waals surface area contributed by atoms with Crippen LogP contribution < -0.4 is 21.3 Å². The summed E-state index contributed by atoms with van der Waals surface area (Å²) >= 11 is 0. The lowest BCUT2D eigenvalue weighted by atomic mass is 10.4. The standard InChI is InChI=1S/C10H18N4O3/c1-16-8-9(13-7-14-10(8)15)12-4-2-5-17-6-3-11/h7H,2-6,11H2,1H3,(H2,12,13,14,15). The van der Waals surface area contributed by atoms with Crippen LogP contribution >= 0.6 is 0 Å². The summed E-state index contributed by atoms with van der Waals surface area (Å²) in [5.41, 5.74) is 4.98. The Kier molecular flexibility index (Phi) is 6.05. The van der Waals surface area contributed by atoms with Crippen LogP contribution in [0.5, 0.6) is 5.75 Å². The highest BCUT2D eigenvalue weighted by atomic mass is 16.5. The summed E-state index contributed by atoms with van der Waals surface area (Å²) in [7, 11) is 1.43. The van der Waals surface area contributed by atoms with Crippen molar-refractivity contribution in [3.05, 3.63) is 16.7 Å². The normalized spacial score (nSPS) is 10.2. The van der Waals surface area contributed by atoms with E-state index in [1.807, 2.05) is 0 Å². The number of ether oxygens (including phenoxy) is 2. The molecule has 0 saturated carbocycles. The van der Waals surface area contributed by atoms with Gasteiger partial charge >= 0.3 is 0 Å². The molecule has 0 aliphatic heterocycles. The molecule has 1 aromatic rings. The second kappa shape index (κ2) is 7.64. The summed E-state index contributed by atoms with van der Waals surface area (Å²) in [6.45, 7) is 2.36. The molecule has 0 spiro atoms. The number of H-pyrrole nitrogens is 1. The number of aromatic nitrogens is 2. The third-order valence-corrected chi connectivity index (χ3v) is 2.03. The molecule has 0 saturated heterocycles. The molecule has 0 amide bonds. The van der Waals surface area contributed by atoms with Gasteiger partial charge in [-0.05, 0) is 6.42 Å². The number of hydrogen-bond donors (Lipinski definition) is 3. The van der Waals surface area contributed by atoms with E-state index in [4.69, 9.17) is 15.2 Å². The van der Waals surface area contributed by atoms with Crippen LogP contribution in [0.4, 0.5) is 5.82 Å². The van der Waals surface area contributed by atoms with E-state index in [2.05, 4.69) is 15.3 Å². The van der Waals surface area contributed by atoms with Gasteiger partial charge in [0, 0.05) is 19.7 Å². The Morgan fingerprint density at radius 2 is 2.35 bits per heavy atom. The fourth-order valence-electron chi connectivity index (χ4n) is 1.27. The van der Waals surface area contributed by atoms with Crippen molar-refractivity contribution in [2.45, 2.75) is 6.42 Å². The predicted octanol–water partition coefficient (Wildman–Crippen LogP) is -0.444. The van der Waals surface area contributed by atoms with Gasteiger partial charge in [0.1, 0.15) is 0 Å². The van der Waals surface area contributed by atoms with E-state index in [1.165, 1.54) is 13.4 Å². The molecule has 0 aliphatic carbocycles. The van der Waals surface area contributed by atoms with Crippen molar-refractivity contribution in [2.24, 2.45) is 5.73 Å². The van der Waals surface area contributed by atoms with E-state index in [-0.39, 0.29) is 11.3 Å². The van der Waals surface area contributed by atoms with Gasteiger partial charge in [0.2, 0.25) is 5.75 Å². The molecule has 0 radical (unpaired) electrons. The summed E-state index contributed by atoms with van der Waals surface area (Å²) < 4.78 is 10.2. The third-order valence-electron chi connectivity index (χ3n) is 2.03. The van der Waals surface area contributed by atoms with Gasteiger partial charge in [-0.1, -0.05) is 0 Å². The highest BCUT2D eigenvalue weighted by molar-refractivity contribution is 5.47. The molecule has 17 heavy (non-hydrogen) atoms. The fourth-order valence-corrected chi connectivity index (χ4v) is 1.27. The molecule has 0 fully saturated rings. The Hall–Kier alpha value is -1.60. The lowest BCUT2D eigenvalue weighted by Gasteiger charge is -2.08. The Morgan fingerprint density at radius 3 is 3.06 bits per heavy atom. The molecule has 4 N–H and O–H groups in total. The molecule has 0 atom stereocenters. The van der Waals surface area contributed by atoms with Gasteiger partial charge in [-0.3, -0.25) is 4.79 Å². The maximum atomic E-state index is 11.3. The molecular formula is C10H18N4O3. The molecule has 0 aromatic carbocycles. The van der Waals surface area contributed by atoms with Crippen LogP contribution in [0, 0.1) is 0 Å². The number of nitrogens with two attached hydrogens (primary N) is 1. The van der Waals surface area contributed by atoms with Gasteiger partial charge in [-0.25, -0.2) is 4.98 Å². The maximum absolute atomic E-state index is 11.3. The first kappa shape index (κ1) is 13.5. The molecule has 1 heterocycles. The second-order valence-electron chi connectivity index (χ2n) is 3.29. The number of aromatic amines is 1. The number of methoxy groups -OCH3 is 1. The van der Waals surface area contributed by atoms with Crippen LogP contribution in [0.2, 0.25) is 0 Å². The van der Waals surface area contributed by atoms with Crippen LogP contribution in [0.15, 0.2) is 11.1 Å². The van der Waals surface area contributed by atoms with Gasteiger partial charge in [-0.2, -0.15) is 0 Å². The molecule has 0 bridgehead atoms. The summed E-state index contributed by atoms with van der Waals surface area (Å²) in [6, 6.07) is 0. The van der Waals surface area contributed by atoms with Crippen LogP contribution in [-0.2, 0) is 4.74 Å². The number of nitrogens with one attached hydrogen (secondary N) is 2. The van der Waals surface area contributed by atoms with E-state index >= 15 is 0 Å². The SMILES string of the molecule is COc1c(NCCCOCCN)nc[nH]c1=O. The van der Waals surface area contributed by atoms with Crippen LogP contribution in [-0.4, -0.2) is 43.4 Å². The largest absolute Gasteiger partial charge is 0.489 e. The number of nitrogens with zero attached hydrogens (tertiary/aromatic N) is 1. The lowest BCUT2D eigenvalue weighted by molar-refractivity contribution is 0.141. The van der Waals surface area contributed by atoms with Crippen LogP contribution in [0.3, 0.4) is 0 Å². The average Bonchev–Trinajstić information content (AvgIpc) is 2.34. The molecule has 7 heteroatoms. The Labute approximate surface area is 99.3 Å². The highest BCUT2D eigenvalue weighted by Gasteiger charge is 2.07. The average molecular weight is 242 g/mol. The first-order valence-corrected chi connectivity index (χ1v) is 5.43. The minimum Gasteiger partial charge on any atom is -0.489 e. The molecule has 1 rings (SSSR count). The zero-order valence-electron chi connectivity index (χ0n) is 9.86. The summed E-state index contributed by atoms with van der Waals surface area (Å²) in [5.74, 6) is 0.630. The van der Waals surface area contributed by atoms with Crippen molar-refractivity contribution >= 4 is 5.82 Å². The van der Waals surface area contributed by atoms with Crippen molar-refractivity contribution in [3.63, 3.8) is 0 Å². The van der Waals surface area contributed by atoms with Crippen molar-refractivity contribution in [2.75, 3.05) is 38.7 Å². The van der Waals surface area contributed by atoms with Gasteiger partial charge in [0.05, 0.1) is 20.0 Å². The van der Waals surface area contributed by atoms with Crippen LogP contribution in [0.25, 0.3) is 0 Å². The van der Waals surface area contributed by atoms with Crippen molar-refractivity contribution < 1.29 is 9.47 Å². The molecule has 0 aliphatic rings. The maximum Gasteiger partial charge on any atom is 0.295 e. The monoisotopic (exact) mass is 242 g/mol. The zero-order chi connectivity index (χ0) is 12.5. The van der Waals surface area contributed by atoms with Crippen molar-refractivity contribution in [1.82, 2.24) is 9.97 Å². The highest BCUT2D eigenvalue weighted by Crippen LogP contribution is 2.13. The van der Waals surface area contributed by atoms with Gasteiger partial charge in [0.15, 0.2) is 5.82 Å². The van der Waals surface area contributed by atoms with Crippen molar-refractivity contribution in [1.29, 1.82) is 0 Å². The molecule has 96 valence electrons. The topological polar surface area (TPSA) is 102 Å². The summed E-state index contributed by atoms with van der Waals surface area (Å²) in [6.07, 6.45) is 2.13. The van der Waals surface area contributed by atoms with Gasteiger partial charge in [0.25, 0.3) is 5.56 Å². The number of anilines is 1. The van der Waals surface area contributed by atoms with E-state index in [0.29, 0.717) is 32.1 Å². The van der Waals surface area contributed by atoms with E-state index in [9.17, 15) is 4.79 Å². The summed E-state index contributed by atoms with van der Waals surface area (Å²) in [5, 5.41) is 3.01. The molecule has 1 aromatic heterocycles. The Balaban J connectivity index is 2.36. The smallest absolute Gasteiger partial charge is 0.295 e. The zero-order valence-corrected chi connectivity index (χ0v) is 9.86. The van der Waals surface area contributed by atoms with E-state index in [1.54, 1.807) is 0 Å².